The molecule has 3 heteroatoms. The van der Waals surface area contributed by atoms with Crippen LogP contribution >= 0.6 is 11.6 Å². The van der Waals surface area contributed by atoms with E-state index >= 15 is 0 Å². The van der Waals surface area contributed by atoms with Crippen molar-refractivity contribution >= 4 is 23.2 Å². The Labute approximate surface area is 93.8 Å². The third-order valence-electron chi connectivity index (χ3n) is 3.27. The summed E-state index contributed by atoms with van der Waals surface area (Å²) in [6, 6.07) is 4.29. The second-order valence-corrected chi connectivity index (χ2v) is 4.46. The van der Waals surface area contributed by atoms with Gasteiger partial charge in [-0.2, -0.15) is 0 Å². The number of alkyl halides is 1. The van der Waals surface area contributed by atoms with Gasteiger partial charge in [-0.1, -0.05) is 12.1 Å². The molecule has 0 spiro atoms. The van der Waals surface area contributed by atoms with E-state index in [0.29, 0.717) is 12.3 Å². The van der Waals surface area contributed by atoms with E-state index in [0.717, 1.165) is 19.4 Å². The van der Waals surface area contributed by atoms with Gasteiger partial charge in [-0.05, 0) is 29.5 Å². The number of hydrogen-bond acceptors (Lipinski definition) is 1. The monoisotopic (exact) mass is 221 g/mol. The fourth-order valence-corrected chi connectivity index (χ4v) is 2.76. The predicted octanol–water partition coefficient (Wildman–Crippen LogP) is 2.26. The second-order valence-electron chi connectivity index (χ2n) is 4.19. The molecule has 1 aromatic carbocycles. The highest BCUT2D eigenvalue weighted by atomic mass is 35.5. The number of carbonyl (C=O) groups excluding carboxylic acids is 1. The molecule has 0 N–H and O–H groups in total. The van der Waals surface area contributed by atoms with Gasteiger partial charge in [0.15, 0.2) is 0 Å². The van der Waals surface area contributed by atoms with Crippen molar-refractivity contribution in [2.24, 2.45) is 0 Å². The first-order valence-corrected chi connectivity index (χ1v) is 5.84. The summed E-state index contributed by atoms with van der Waals surface area (Å²) in [5.74, 6) is 0.841. The molecule has 2 aliphatic heterocycles. The van der Waals surface area contributed by atoms with Crippen LogP contribution in [0.1, 0.15) is 23.1 Å². The molecule has 1 amide bonds. The molecule has 0 radical (unpaired) electrons. The van der Waals surface area contributed by atoms with Crippen LogP contribution in [0.5, 0.6) is 0 Å². The molecular weight excluding hydrogens is 210 g/mol. The molecule has 0 saturated carbocycles. The van der Waals surface area contributed by atoms with Crippen molar-refractivity contribution in [1.29, 1.82) is 0 Å². The summed E-state index contributed by atoms with van der Waals surface area (Å²) in [7, 11) is 0. The van der Waals surface area contributed by atoms with Crippen molar-refractivity contribution in [3.63, 3.8) is 0 Å². The van der Waals surface area contributed by atoms with E-state index < -0.39 is 0 Å². The highest BCUT2D eigenvalue weighted by molar-refractivity contribution is 6.17. The molecular formula is C12H12ClNO. The van der Waals surface area contributed by atoms with Crippen molar-refractivity contribution in [1.82, 2.24) is 0 Å². The van der Waals surface area contributed by atoms with Crippen LogP contribution in [0.3, 0.4) is 0 Å². The maximum atomic E-state index is 11.7. The Bertz CT molecular complexity index is 441. The minimum absolute atomic E-state index is 0.278. The Morgan fingerprint density at radius 1 is 1.20 bits per heavy atom. The first kappa shape index (κ1) is 9.22. The van der Waals surface area contributed by atoms with Crippen LogP contribution in [0.15, 0.2) is 12.1 Å². The highest BCUT2D eigenvalue weighted by Crippen LogP contribution is 2.37. The normalized spacial score (nSPS) is 18.2. The summed E-state index contributed by atoms with van der Waals surface area (Å²) in [6.45, 7) is 0.854. The maximum Gasteiger partial charge on any atom is 0.227 e. The lowest BCUT2D eigenvalue weighted by Crippen LogP contribution is -2.32. The average molecular weight is 222 g/mol. The fraction of sp³-hybridized carbons (Fsp3) is 0.417. The molecule has 0 saturated heterocycles. The molecule has 0 fully saturated rings. The number of nitrogens with zero attached hydrogens (tertiary/aromatic N) is 1. The molecule has 1 aromatic rings. The van der Waals surface area contributed by atoms with Gasteiger partial charge in [0.2, 0.25) is 5.91 Å². The number of amides is 1. The van der Waals surface area contributed by atoms with E-state index in [-0.39, 0.29) is 5.91 Å². The van der Waals surface area contributed by atoms with E-state index in [1.165, 1.54) is 22.4 Å². The fourth-order valence-electron chi connectivity index (χ4n) is 2.61. The highest BCUT2D eigenvalue weighted by Gasteiger charge is 2.31. The van der Waals surface area contributed by atoms with Gasteiger partial charge >= 0.3 is 0 Å². The van der Waals surface area contributed by atoms with E-state index in [1.807, 2.05) is 4.90 Å². The number of anilines is 1. The Morgan fingerprint density at radius 3 is 2.67 bits per heavy atom. The summed E-state index contributed by atoms with van der Waals surface area (Å²) in [6.07, 6.45) is 2.51. The smallest absolute Gasteiger partial charge is 0.227 e. The third-order valence-corrected chi connectivity index (χ3v) is 3.57. The van der Waals surface area contributed by atoms with Crippen LogP contribution in [-0.2, 0) is 23.5 Å². The molecule has 78 valence electrons. The van der Waals surface area contributed by atoms with Crippen LogP contribution in [0.25, 0.3) is 0 Å². The first-order valence-electron chi connectivity index (χ1n) is 5.30. The molecule has 2 heterocycles. The van der Waals surface area contributed by atoms with Gasteiger partial charge in [0.1, 0.15) is 0 Å². The average Bonchev–Trinajstić information content (AvgIpc) is 2.68. The van der Waals surface area contributed by atoms with E-state index in [1.54, 1.807) is 0 Å². The van der Waals surface area contributed by atoms with Gasteiger partial charge in [0.25, 0.3) is 0 Å². The van der Waals surface area contributed by atoms with Crippen molar-refractivity contribution < 1.29 is 4.79 Å². The zero-order valence-electron chi connectivity index (χ0n) is 8.42. The number of hydrogen-bond donors (Lipinski definition) is 0. The Hall–Kier alpha value is -1.02. The topological polar surface area (TPSA) is 20.3 Å². The van der Waals surface area contributed by atoms with Crippen LogP contribution in [0.2, 0.25) is 0 Å². The predicted molar refractivity (Wildman–Crippen MR) is 60.4 cm³/mol. The minimum Gasteiger partial charge on any atom is -0.312 e. The molecule has 0 aromatic heterocycles. The summed E-state index contributed by atoms with van der Waals surface area (Å²) in [4.78, 5) is 13.6. The number of rotatable bonds is 1. The van der Waals surface area contributed by atoms with E-state index in [9.17, 15) is 4.79 Å². The lowest BCUT2D eigenvalue weighted by atomic mass is 9.97. The van der Waals surface area contributed by atoms with Crippen LogP contribution < -0.4 is 4.90 Å². The SMILES string of the molecule is O=C1CCc2cc(CCl)cc3c2N1CC3. The molecule has 0 aliphatic carbocycles. The Morgan fingerprint density at radius 2 is 1.93 bits per heavy atom. The lowest BCUT2D eigenvalue weighted by Gasteiger charge is -2.25. The molecule has 0 atom stereocenters. The molecule has 15 heavy (non-hydrogen) atoms. The van der Waals surface area contributed by atoms with Gasteiger partial charge in [-0.15, -0.1) is 11.6 Å². The number of halogens is 1. The zero-order chi connectivity index (χ0) is 10.4. The standard InChI is InChI=1S/C12H12ClNO/c13-7-8-5-9-1-2-11(15)14-4-3-10(6-8)12(9)14/h5-6H,1-4,7H2. The number of aryl methyl sites for hydroxylation is 1. The quantitative estimate of drug-likeness (QED) is 0.667. The Kier molecular flexibility index (Phi) is 1.99. The van der Waals surface area contributed by atoms with Crippen molar-refractivity contribution in [3.05, 3.63) is 28.8 Å². The molecule has 2 nitrogen and oxygen atoms in total. The van der Waals surface area contributed by atoms with Gasteiger partial charge in [-0.25, -0.2) is 0 Å². The van der Waals surface area contributed by atoms with Crippen LogP contribution in [0.4, 0.5) is 5.69 Å². The van der Waals surface area contributed by atoms with Crippen molar-refractivity contribution in [2.75, 3.05) is 11.4 Å². The summed E-state index contributed by atoms with van der Waals surface area (Å²) in [5, 5.41) is 0. The zero-order valence-corrected chi connectivity index (χ0v) is 9.18. The van der Waals surface area contributed by atoms with E-state index in [4.69, 9.17) is 11.6 Å². The molecule has 0 unspecified atom stereocenters. The third kappa shape index (κ3) is 1.28. The summed E-state index contributed by atoms with van der Waals surface area (Å²) < 4.78 is 0. The lowest BCUT2D eigenvalue weighted by molar-refractivity contribution is -0.118. The van der Waals surface area contributed by atoms with Gasteiger partial charge in [0, 0.05) is 18.8 Å². The van der Waals surface area contributed by atoms with Gasteiger partial charge in [-0.3, -0.25) is 4.79 Å². The number of benzene rings is 1. The van der Waals surface area contributed by atoms with Crippen LogP contribution in [-0.4, -0.2) is 12.5 Å². The molecule has 3 rings (SSSR count). The number of carbonyl (C=O) groups is 1. The molecule has 2 aliphatic rings. The summed E-state index contributed by atoms with van der Waals surface area (Å²) in [5.41, 5.74) is 4.97. The van der Waals surface area contributed by atoms with E-state index in [2.05, 4.69) is 12.1 Å². The summed E-state index contributed by atoms with van der Waals surface area (Å²) >= 11 is 5.86. The van der Waals surface area contributed by atoms with Gasteiger partial charge in [0.05, 0.1) is 5.69 Å². The second kappa shape index (κ2) is 3.24. The maximum absolute atomic E-state index is 11.7. The van der Waals surface area contributed by atoms with Crippen molar-refractivity contribution in [2.45, 2.75) is 25.1 Å². The first-order chi connectivity index (χ1) is 7.29. The van der Waals surface area contributed by atoms with Gasteiger partial charge < -0.3 is 4.90 Å². The molecule has 0 bridgehead atoms. The minimum atomic E-state index is 0.278. The Balaban J connectivity index is 2.18. The van der Waals surface area contributed by atoms with Crippen molar-refractivity contribution in [3.8, 4) is 0 Å². The van der Waals surface area contributed by atoms with Crippen LogP contribution in [0, 0.1) is 0 Å². The largest absolute Gasteiger partial charge is 0.312 e.